The maximum atomic E-state index is 5.62. The van der Waals surface area contributed by atoms with E-state index in [4.69, 9.17) is 12.8 Å². The molecule has 0 radical (unpaired) electrons. The standard InChI is InChI=1S/C19H14/c1-3-13-19(14-4-2)17-11-7-5-9-15(17)16-10-6-8-12-18(16)19/h1-2,5-12H,13-14H2. The first kappa shape index (κ1) is 11.6. The first-order valence-corrected chi connectivity index (χ1v) is 6.40. The number of rotatable bonds is 2. The second kappa shape index (κ2) is 4.34. The zero-order chi connectivity index (χ0) is 13.3. The molecular weight excluding hydrogens is 228 g/mol. The Morgan fingerprint density at radius 2 is 1.16 bits per heavy atom. The van der Waals surface area contributed by atoms with Crippen LogP contribution in [0.4, 0.5) is 0 Å². The van der Waals surface area contributed by atoms with Crippen LogP contribution in [0, 0.1) is 24.7 Å². The SMILES string of the molecule is C#CCC1(CC#C)c2ccccc2-c2ccccc21. The first-order valence-electron chi connectivity index (χ1n) is 6.40. The van der Waals surface area contributed by atoms with Crippen LogP contribution in [0.3, 0.4) is 0 Å². The third-order valence-corrected chi connectivity index (χ3v) is 3.98. The smallest absolute Gasteiger partial charge is 0.0432 e. The van der Waals surface area contributed by atoms with E-state index < -0.39 is 0 Å². The minimum Gasteiger partial charge on any atom is -0.120 e. The highest BCUT2D eigenvalue weighted by atomic mass is 14.4. The Morgan fingerprint density at radius 3 is 1.58 bits per heavy atom. The molecule has 0 saturated heterocycles. The molecule has 0 amide bonds. The molecule has 2 aromatic carbocycles. The zero-order valence-corrected chi connectivity index (χ0v) is 10.7. The molecular formula is C19H14. The van der Waals surface area contributed by atoms with Gasteiger partial charge in [0.2, 0.25) is 0 Å². The van der Waals surface area contributed by atoms with Gasteiger partial charge in [0.25, 0.3) is 0 Å². The van der Waals surface area contributed by atoms with Crippen molar-refractivity contribution in [1.82, 2.24) is 0 Å². The van der Waals surface area contributed by atoms with Crippen molar-refractivity contribution in [3.63, 3.8) is 0 Å². The molecule has 0 aliphatic heterocycles. The Morgan fingerprint density at radius 1 is 0.737 bits per heavy atom. The van der Waals surface area contributed by atoms with Crippen LogP contribution in [0.15, 0.2) is 48.5 Å². The fourth-order valence-corrected chi connectivity index (χ4v) is 3.21. The van der Waals surface area contributed by atoms with Crippen molar-refractivity contribution in [2.75, 3.05) is 0 Å². The number of fused-ring (bicyclic) bond motifs is 3. The third-order valence-electron chi connectivity index (χ3n) is 3.98. The normalized spacial score (nSPS) is 14.0. The summed E-state index contributed by atoms with van der Waals surface area (Å²) in [6, 6.07) is 16.9. The van der Waals surface area contributed by atoms with Crippen molar-refractivity contribution < 1.29 is 0 Å². The van der Waals surface area contributed by atoms with Crippen LogP contribution in [-0.2, 0) is 5.41 Å². The molecule has 0 nitrogen and oxygen atoms in total. The van der Waals surface area contributed by atoms with Gasteiger partial charge >= 0.3 is 0 Å². The fourth-order valence-electron chi connectivity index (χ4n) is 3.21. The molecule has 19 heavy (non-hydrogen) atoms. The van der Waals surface area contributed by atoms with Crippen LogP contribution in [0.2, 0.25) is 0 Å². The highest BCUT2D eigenvalue weighted by Gasteiger charge is 2.41. The van der Waals surface area contributed by atoms with Crippen molar-refractivity contribution in [2.45, 2.75) is 18.3 Å². The molecule has 0 saturated carbocycles. The second-order valence-electron chi connectivity index (χ2n) is 4.94. The van der Waals surface area contributed by atoms with Gasteiger partial charge in [-0.3, -0.25) is 0 Å². The molecule has 0 heteroatoms. The topological polar surface area (TPSA) is 0 Å². The lowest BCUT2D eigenvalue weighted by atomic mass is 9.73. The lowest BCUT2D eigenvalue weighted by Crippen LogP contribution is -2.24. The van der Waals surface area contributed by atoms with Gasteiger partial charge in [-0.05, 0) is 22.3 Å². The van der Waals surface area contributed by atoms with E-state index in [1.807, 2.05) is 0 Å². The summed E-state index contributed by atoms with van der Waals surface area (Å²) < 4.78 is 0. The molecule has 0 spiro atoms. The molecule has 0 bridgehead atoms. The molecule has 2 aromatic rings. The van der Waals surface area contributed by atoms with Crippen LogP contribution in [0.1, 0.15) is 24.0 Å². The summed E-state index contributed by atoms with van der Waals surface area (Å²) in [5.74, 6) is 5.64. The summed E-state index contributed by atoms with van der Waals surface area (Å²) in [5.41, 5.74) is 4.86. The summed E-state index contributed by atoms with van der Waals surface area (Å²) in [6.07, 6.45) is 12.5. The Hall–Kier alpha value is -2.44. The van der Waals surface area contributed by atoms with E-state index in [1.54, 1.807) is 0 Å². The van der Waals surface area contributed by atoms with Crippen LogP contribution in [-0.4, -0.2) is 0 Å². The zero-order valence-electron chi connectivity index (χ0n) is 10.7. The van der Waals surface area contributed by atoms with Crippen molar-refractivity contribution in [1.29, 1.82) is 0 Å². The van der Waals surface area contributed by atoms with Gasteiger partial charge in [-0.15, -0.1) is 24.7 Å². The van der Waals surface area contributed by atoms with E-state index in [0.717, 1.165) is 0 Å². The van der Waals surface area contributed by atoms with E-state index in [-0.39, 0.29) is 5.41 Å². The largest absolute Gasteiger partial charge is 0.120 e. The molecule has 0 fully saturated rings. The average Bonchev–Trinajstić information content (AvgIpc) is 2.72. The highest BCUT2D eigenvalue weighted by Crippen LogP contribution is 2.52. The average molecular weight is 242 g/mol. The van der Waals surface area contributed by atoms with Crippen molar-refractivity contribution >= 4 is 0 Å². The van der Waals surface area contributed by atoms with Gasteiger partial charge in [0.1, 0.15) is 0 Å². The highest BCUT2D eigenvalue weighted by molar-refractivity contribution is 5.81. The van der Waals surface area contributed by atoms with E-state index in [1.165, 1.54) is 22.3 Å². The Bertz CT molecular complexity index is 644. The van der Waals surface area contributed by atoms with Gasteiger partial charge < -0.3 is 0 Å². The molecule has 0 heterocycles. The predicted molar refractivity (Wildman–Crippen MR) is 79.6 cm³/mol. The summed E-state index contributed by atoms with van der Waals surface area (Å²) >= 11 is 0. The molecule has 0 N–H and O–H groups in total. The number of benzene rings is 2. The second-order valence-corrected chi connectivity index (χ2v) is 4.94. The summed E-state index contributed by atoms with van der Waals surface area (Å²) in [5, 5.41) is 0. The molecule has 90 valence electrons. The molecule has 0 atom stereocenters. The fraction of sp³-hybridized carbons (Fsp3) is 0.158. The Balaban J connectivity index is 2.36. The van der Waals surface area contributed by atoms with Gasteiger partial charge in [-0.1, -0.05) is 48.5 Å². The lowest BCUT2D eigenvalue weighted by molar-refractivity contribution is 0.560. The maximum Gasteiger partial charge on any atom is 0.0432 e. The molecule has 1 aliphatic carbocycles. The van der Waals surface area contributed by atoms with Gasteiger partial charge in [-0.25, -0.2) is 0 Å². The molecule has 0 unspecified atom stereocenters. The quantitative estimate of drug-likeness (QED) is 0.698. The van der Waals surface area contributed by atoms with Crippen LogP contribution < -0.4 is 0 Å². The lowest BCUT2D eigenvalue weighted by Gasteiger charge is -2.28. The van der Waals surface area contributed by atoms with E-state index in [2.05, 4.69) is 60.4 Å². The predicted octanol–water partition coefficient (Wildman–Crippen LogP) is 4.00. The number of hydrogen-bond acceptors (Lipinski definition) is 0. The Labute approximate surface area is 114 Å². The minimum atomic E-state index is -0.212. The maximum absolute atomic E-state index is 5.62. The molecule has 3 rings (SSSR count). The van der Waals surface area contributed by atoms with Crippen molar-refractivity contribution in [3.8, 4) is 35.8 Å². The summed E-state index contributed by atoms with van der Waals surface area (Å²) in [4.78, 5) is 0. The summed E-state index contributed by atoms with van der Waals surface area (Å²) in [6.45, 7) is 0. The van der Waals surface area contributed by atoms with E-state index >= 15 is 0 Å². The van der Waals surface area contributed by atoms with Gasteiger partial charge in [0.15, 0.2) is 0 Å². The van der Waals surface area contributed by atoms with Crippen LogP contribution in [0.25, 0.3) is 11.1 Å². The molecule has 1 aliphatic rings. The van der Waals surface area contributed by atoms with Gasteiger partial charge in [0, 0.05) is 18.3 Å². The van der Waals surface area contributed by atoms with Crippen LogP contribution >= 0.6 is 0 Å². The third kappa shape index (κ3) is 1.51. The molecule has 0 aromatic heterocycles. The van der Waals surface area contributed by atoms with E-state index in [0.29, 0.717) is 12.8 Å². The summed E-state index contributed by atoms with van der Waals surface area (Å²) in [7, 11) is 0. The first-order chi connectivity index (χ1) is 9.33. The van der Waals surface area contributed by atoms with Crippen LogP contribution in [0.5, 0.6) is 0 Å². The van der Waals surface area contributed by atoms with Gasteiger partial charge in [0.05, 0.1) is 0 Å². The minimum absolute atomic E-state index is 0.212. The van der Waals surface area contributed by atoms with E-state index in [9.17, 15) is 0 Å². The van der Waals surface area contributed by atoms with Gasteiger partial charge in [-0.2, -0.15) is 0 Å². The number of terminal acetylenes is 2. The van der Waals surface area contributed by atoms with Crippen molar-refractivity contribution in [3.05, 3.63) is 59.7 Å². The number of hydrogen-bond donors (Lipinski definition) is 0. The van der Waals surface area contributed by atoms with Crippen molar-refractivity contribution in [2.24, 2.45) is 0 Å². The monoisotopic (exact) mass is 242 g/mol. The Kier molecular flexibility index (Phi) is 2.66.